The Morgan fingerprint density at radius 2 is 1.79 bits per heavy atom. The Bertz CT molecular complexity index is 812. The van der Waals surface area contributed by atoms with E-state index in [1.54, 1.807) is 12.1 Å². The lowest BCUT2D eigenvalue weighted by molar-refractivity contribution is 0.0719. The molecule has 3 nitrogen and oxygen atoms in total. The van der Waals surface area contributed by atoms with E-state index >= 15 is 0 Å². The first-order chi connectivity index (χ1) is 13.7. The van der Waals surface area contributed by atoms with Gasteiger partial charge < -0.3 is 9.64 Å². The average Bonchev–Trinajstić information content (AvgIpc) is 2.87. The third-order valence-corrected chi connectivity index (χ3v) is 5.99. The van der Waals surface area contributed by atoms with Gasteiger partial charge in [-0.3, -0.25) is 4.79 Å². The molecule has 4 rings (SSSR count). The fourth-order valence-electron chi connectivity index (χ4n) is 4.41. The highest BCUT2D eigenvalue weighted by atomic mass is 19.1. The molecule has 4 heteroatoms. The van der Waals surface area contributed by atoms with E-state index in [-0.39, 0.29) is 11.7 Å². The van der Waals surface area contributed by atoms with Crippen molar-refractivity contribution in [3.05, 3.63) is 65.0 Å². The van der Waals surface area contributed by atoms with E-state index < -0.39 is 0 Å². The van der Waals surface area contributed by atoms with Gasteiger partial charge in [0, 0.05) is 18.7 Å². The summed E-state index contributed by atoms with van der Waals surface area (Å²) in [6.45, 7) is 2.14. The minimum absolute atomic E-state index is 0.170. The Morgan fingerprint density at radius 3 is 2.57 bits per heavy atom. The molecule has 0 N–H and O–H groups in total. The van der Waals surface area contributed by atoms with Gasteiger partial charge in [-0.05, 0) is 73.1 Å². The molecule has 0 aromatic heterocycles. The van der Waals surface area contributed by atoms with Crippen molar-refractivity contribution in [2.24, 2.45) is 5.92 Å². The highest BCUT2D eigenvalue weighted by Gasteiger charge is 2.25. The molecule has 0 unspecified atom stereocenters. The van der Waals surface area contributed by atoms with Crippen LogP contribution in [0.2, 0.25) is 0 Å². The molecule has 1 aliphatic carbocycles. The molecule has 0 atom stereocenters. The Kier molecular flexibility index (Phi) is 5.94. The third-order valence-electron chi connectivity index (χ3n) is 5.99. The second-order valence-corrected chi connectivity index (χ2v) is 8.09. The molecule has 2 aromatic carbocycles. The number of benzene rings is 2. The minimum atomic E-state index is -0.245. The standard InChI is InChI=1S/C24H28FNO2/c25-21-10-8-19(9-11-21)17-28-22-12-13-23-20(15-22)7-4-14-26(24(23)27)16-18-5-2-1-3-6-18/h8-13,15,18H,1-7,14,16-17H2. The molecule has 1 heterocycles. The summed E-state index contributed by atoms with van der Waals surface area (Å²) in [4.78, 5) is 15.2. The maximum atomic E-state index is 13.1. The van der Waals surface area contributed by atoms with Crippen LogP contribution in [-0.4, -0.2) is 23.9 Å². The minimum Gasteiger partial charge on any atom is -0.489 e. The molecule has 1 amide bonds. The number of fused-ring (bicyclic) bond motifs is 1. The molecule has 0 saturated heterocycles. The van der Waals surface area contributed by atoms with E-state index in [4.69, 9.17) is 4.74 Å². The first kappa shape index (κ1) is 19.0. The topological polar surface area (TPSA) is 29.5 Å². The van der Waals surface area contributed by atoms with E-state index in [2.05, 4.69) is 4.90 Å². The Hall–Kier alpha value is -2.36. The molecule has 2 aliphatic rings. The number of halogens is 1. The zero-order chi connectivity index (χ0) is 19.3. The number of nitrogens with zero attached hydrogens (tertiary/aromatic N) is 1. The molecule has 148 valence electrons. The molecule has 1 aliphatic heterocycles. The first-order valence-corrected chi connectivity index (χ1v) is 10.5. The van der Waals surface area contributed by atoms with Crippen LogP contribution in [-0.2, 0) is 13.0 Å². The number of ether oxygens (including phenoxy) is 1. The number of carbonyl (C=O) groups is 1. The van der Waals surface area contributed by atoms with Gasteiger partial charge in [-0.25, -0.2) is 4.39 Å². The van der Waals surface area contributed by atoms with E-state index in [0.717, 1.165) is 48.4 Å². The molecule has 0 radical (unpaired) electrons. The molecule has 0 spiro atoms. The van der Waals surface area contributed by atoms with Crippen molar-refractivity contribution in [3.8, 4) is 5.75 Å². The fourth-order valence-corrected chi connectivity index (χ4v) is 4.41. The van der Waals surface area contributed by atoms with Gasteiger partial charge >= 0.3 is 0 Å². The van der Waals surface area contributed by atoms with Crippen molar-refractivity contribution >= 4 is 5.91 Å². The summed E-state index contributed by atoms with van der Waals surface area (Å²) < 4.78 is 18.9. The van der Waals surface area contributed by atoms with E-state index in [1.165, 1.54) is 44.2 Å². The van der Waals surface area contributed by atoms with Crippen LogP contribution in [0.5, 0.6) is 5.75 Å². The fraction of sp³-hybridized carbons (Fsp3) is 0.458. The summed E-state index contributed by atoms with van der Waals surface area (Å²) in [5, 5.41) is 0. The van der Waals surface area contributed by atoms with Gasteiger partial charge in [0.25, 0.3) is 5.91 Å². The summed E-state index contributed by atoms with van der Waals surface area (Å²) in [7, 11) is 0. The van der Waals surface area contributed by atoms with Crippen LogP contribution >= 0.6 is 0 Å². The van der Waals surface area contributed by atoms with Crippen molar-refractivity contribution in [2.75, 3.05) is 13.1 Å². The Labute approximate surface area is 166 Å². The maximum absolute atomic E-state index is 13.1. The quantitative estimate of drug-likeness (QED) is 0.696. The van der Waals surface area contributed by atoms with Crippen LogP contribution < -0.4 is 4.74 Å². The summed E-state index contributed by atoms with van der Waals surface area (Å²) in [6, 6.07) is 12.1. The SMILES string of the molecule is O=C1c2ccc(OCc3ccc(F)cc3)cc2CCCN1CC1CCCCC1. The molecule has 1 saturated carbocycles. The summed E-state index contributed by atoms with van der Waals surface area (Å²) in [6.07, 6.45) is 8.35. The second-order valence-electron chi connectivity index (χ2n) is 8.09. The van der Waals surface area contributed by atoms with Crippen LogP contribution in [0.3, 0.4) is 0 Å². The number of aryl methyl sites for hydroxylation is 1. The highest BCUT2D eigenvalue weighted by Crippen LogP contribution is 2.28. The van der Waals surface area contributed by atoms with Gasteiger partial charge in [-0.2, -0.15) is 0 Å². The van der Waals surface area contributed by atoms with Crippen LogP contribution in [0.1, 0.15) is 60.0 Å². The van der Waals surface area contributed by atoms with Crippen molar-refractivity contribution in [3.63, 3.8) is 0 Å². The first-order valence-electron chi connectivity index (χ1n) is 10.5. The van der Waals surface area contributed by atoms with Gasteiger partial charge in [0.2, 0.25) is 0 Å². The predicted molar refractivity (Wildman–Crippen MR) is 108 cm³/mol. The summed E-state index contributed by atoms with van der Waals surface area (Å²) in [5.74, 6) is 1.35. The molecule has 0 bridgehead atoms. The summed E-state index contributed by atoms with van der Waals surface area (Å²) >= 11 is 0. The Balaban J connectivity index is 1.42. The zero-order valence-corrected chi connectivity index (χ0v) is 16.3. The van der Waals surface area contributed by atoms with E-state index in [9.17, 15) is 9.18 Å². The largest absolute Gasteiger partial charge is 0.489 e. The molecule has 1 fully saturated rings. The smallest absolute Gasteiger partial charge is 0.254 e. The lowest BCUT2D eigenvalue weighted by Gasteiger charge is -2.29. The van der Waals surface area contributed by atoms with Gasteiger partial charge in [0.05, 0.1) is 0 Å². The van der Waals surface area contributed by atoms with Gasteiger partial charge in [-0.1, -0.05) is 31.4 Å². The molecular weight excluding hydrogens is 353 g/mol. The van der Waals surface area contributed by atoms with Crippen molar-refractivity contribution < 1.29 is 13.9 Å². The van der Waals surface area contributed by atoms with E-state index in [1.807, 2.05) is 18.2 Å². The maximum Gasteiger partial charge on any atom is 0.254 e. The van der Waals surface area contributed by atoms with Gasteiger partial charge in [0.15, 0.2) is 0 Å². The van der Waals surface area contributed by atoms with Crippen molar-refractivity contribution in [1.82, 2.24) is 4.90 Å². The van der Waals surface area contributed by atoms with E-state index in [0.29, 0.717) is 12.5 Å². The second kappa shape index (κ2) is 8.76. The third kappa shape index (κ3) is 4.54. The normalized spacial score (nSPS) is 17.9. The molecular formula is C24H28FNO2. The number of rotatable bonds is 5. The zero-order valence-electron chi connectivity index (χ0n) is 16.3. The van der Waals surface area contributed by atoms with Crippen LogP contribution in [0.4, 0.5) is 4.39 Å². The number of hydrogen-bond donors (Lipinski definition) is 0. The number of carbonyl (C=O) groups excluding carboxylic acids is 1. The number of amides is 1. The molecule has 28 heavy (non-hydrogen) atoms. The highest BCUT2D eigenvalue weighted by molar-refractivity contribution is 5.96. The van der Waals surface area contributed by atoms with Crippen LogP contribution in [0.25, 0.3) is 0 Å². The van der Waals surface area contributed by atoms with Crippen LogP contribution in [0.15, 0.2) is 42.5 Å². The number of hydrogen-bond acceptors (Lipinski definition) is 2. The lowest BCUT2D eigenvalue weighted by Crippen LogP contribution is -2.36. The Morgan fingerprint density at radius 1 is 1.00 bits per heavy atom. The predicted octanol–water partition coefficient (Wildman–Crippen LogP) is 5.37. The van der Waals surface area contributed by atoms with Crippen molar-refractivity contribution in [1.29, 1.82) is 0 Å². The van der Waals surface area contributed by atoms with Crippen LogP contribution in [0, 0.1) is 11.7 Å². The van der Waals surface area contributed by atoms with Gasteiger partial charge in [-0.15, -0.1) is 0 Å². The van der Waals surface area contributed by atoms with Crippen molar-refractivity contribution in [2.45, 2.75) is 51.6 Å². The summed E-state index contributed by atoms with van der Waals surface area (Å²) in [5.41, 5.74) is 2.82. The monoisotopic (exact) mass is 381 g/mol. The average molecular weight is 381 g/mol. The van der Waals surface area contributed by atoms with Gasteiger partial charge in [0.1, 0.15) is 18.2 Å². The molecule has 2 aromatic rings. The lowest BCUT2D eigenvalue weighted by atomic mass is 9.89.